The van der Waals surface area contributed by atoms with Crippen LogP contribution in [-0.4, -0.2) is 10.4 Å². The van der Waals surface area contributed by atoms with E-state index in [1.807, 2.05) is 42.5 Å². The number of nitrogens with zero attached hydrogens (tertiary/aromatic N) is 1. The molecule has 1 heterocycles. The smallest absolute Gasteiger partial charge is 0.164 e. The first-order chi connectivity index (χ1) is 12.4. The van der Waals surface area contributed by atoms with Gasteiger partial charge in [-0.25, -0.2) is 0 Å². The molecule has 1 aliphatic rings. The highest BCUT2D eigenvalue weighted by Gasteiger charge is 2.28. The molecule has 132 valence electrons. The van der Waals surface area contributed by atoms with Crippen molar-refractivity contribution in [2.45, 2.75) is 19.8 Å². The third-order valence-electron chi connectivity index (χ3n) is 4.72. The van der Waals surface area contributed by atoms with E-state index in [0.717, 1.165) is 39.1 Å². The lowest BCUT2D eigenvalue weighted by Crippen LogP contribution is -2.19. The lowest BCUT2D eigenvalue weighted by Gasteiger charge is -2.21. The molecular weight excluding hydrogens is 433 g/mol. The monoisotopic (exact) mass is 447 g/mol. The van der Waals surface area contributed by atoms with E-state index in [1.165, 1.54) is 0 Å². The summed E-state index contributed by atoms with van der Waals surface area (Å²) in [6.45, 7) is 2.11. The molecule has 0 radical (unpaired) electrons. The second-order valence-corrected chi connectivity index (χ2v) is 8.59. The topological polar surface area (TPSA) is 22.0 Å². The SMILES string of the molecule is C[C@H]1CC(=O)c2cc(-c3ccc(Br)cc3)n(-c3cc(Cl)cc(Cl)c3)c2C1. The normalized spacial score (nSPS) is 16.6. The zero-order valence-electron chi connectivity index (χ0n) is 14.1. The maximum absolute atomic E-state index is 12.6. The molecule has 2 nitrogen and oxygen atoms in total. The van der Waals surface area contributed by atoms with Gasteiger partial charge in [0.15, 0.2) is 5.78 Å². The number of aromatic nitrogens is 1. The number of rotatable bonds is 2. The highest BCUT2D eigenvalue weighted by atomic mass is 79.9. The fourth-order valence-corrected chi connectivity index (χ4v) is 4.40. The van der Waals surface area contributed by atoms with Crippen molar-refractivity contribution < 1.29 is 4.79 Å². The van der Waals surface area contributed by atoms with Crippen LogP contribution in [0, 0.1) is 5.92 Å². The molecule has 0 bridgehead atoms. The number of hydrogen-bond acceptors (Lipinski definition) is 1. The Morgan fingerprint density at radius 2 is 1.65 bits per heavy atom. The fourth-order valence-electron chi connectivity index (χ4n) is 3.62. The van der Waals surface area contributed by atoms with Gasteiger partial charge in [0.05, 0.1) is 5.69 Å². The molecule has 1 aromatic heterocycles. The molecular formula is C21H16BrCl2NO. The van der Waals surface area contributed by atoms with E-state index in [1.54, 1.807) is 6.07 Å². The van der Waals surface area contributed by atoms with Gasteiger partial charge in [0.1, 0.15) is 0 Å². The summed E-state index contributed by atoms with van der Waals surface area (Å²) in [6, 6.07) is 15.6. The van der Waals surface area contributed by atoms with E-state index in [2.05, 4.69) is 27.4 Å². The van der Waals surface area contributed by atoms with Crippen LogP contribution in [0.15, 0.2) is 53.0 Å². The van der Waals surface area contributed by atoms with Crippen molar-refractivity contribution in [3.8, 4) is 16.9 Å². The van der Waals surface area contributed by atoms with Crippen LogP contribution in [-0.2, 0) is 6.42 Å². The summed E-state index contributed by atoms with van der Waals surface area (Å²) in [4.78, 5) is 12.6. The molecule has 0 aliphatic heterocycles. The van der Waals surface area contributed by atoms with Crippen LogP contribution in [0.1, 0.15) is 29.4 Å². The number of hydrogen-bond donors (Lipinski definition) is 0. The van der Waals surface area contributed by atoms with Crippen LogP contribution >= 0.6 is 39.1 Å². The number of halogens is 3. The summed E-state index contributed by atoms with van der Waals surface area (Å²) in [5, 5.41) is 1.15. The van der Waals surface area contributed by atoms with Crippen LogP contribution in [0.25, 0.3) is 16.9 Å². The molecule has 1 atom stereocenters. The Morgan fingerprint density at radius 3 is 2.31 bits per heavy atom. The van der Waals surface area contributed by atoms with Gasteiger partial charge in [-0.3, -0.25) is 4.79 Å². The summed E-state index contributed by atoms with van der Waals surface area (Å²) in [7, 11) is 0. The van der Waals surface area contributed by atoms with Crippen LogP contribution in [0.3, 0.4) is 0 Å². The zero-order valence-corrected chi connectivity index (χ0v) is 17.2. The highest BCUT2D eigenvalue weighted by molar-refractivity contribution is 9.10. The first kappa shape index (κ1) is 17.8. The van der Waals surface area contributed by atoms with Crippen molar-refractivity contribution in [2.24, 2.45) is 5.92 Å². The van der Waals surface area contributed by atoms with Crippen molar-refractivity contribution >= 4 is 44.9 Å². The van der Waals surface area contributed by atoms with Crippen molar-refractivity contribution in [1.29, 1.82) is 0 Å². The lowest BCUT2D eigenvalue weighted by atomic mass is 9.88. The van der Waals surface area contributed by atoms with Crippen LogP contribution in [0.4, 0.5) is 0 Å². The van der Waals surface area contributed by atoms with Crippen LogP contribution < -0.4 is 0 Å². The predicted octanol–water partition coefficient (Wildman–Crippen LogP) is 6.98. The molecule has 0 fully saturated rings. The average Bonchev–Trinajstić information content (AvgIpc) is 2.94. The van der Waals surface area contributed by atoms with E-state index in [0.29, 0.717) is 22.4 Å². The first-order valence-corrected chi connectivity index (χ1v) is 9.97. The Balaban J connectivity index is 2.01. The number of ketones is 1. The molecule has 0 N–H and O–H groups in total. The summed E-state index contributed by atoms with van der Waals surface area (Å²) in [5.74, 6) is 0.514. The standard InChI is InChI=1S/C21H16BrCl2NO/c1-12-6-20-18(21(26)7-12)11-19(13-2-4-14(22)5-3-13)25(20)17-9-15(23)8-16(24)10-17/h2-5,8-12H,6-7H2,1H3/t12-/m1/s1. The average molecular weight is 449 g/mol. The Morgan fingerprint density at radius 1 is 1.00 bits per heavy atom. The highest BCUT2D eigenvalue weighted by Crippen LogP contribution is 2.37. The molecule has 5 heteroatoms. The van der Waals surface area contributed by atoms with E-state index in [-0.39, 0.29) is 5.78 Å². The molecule has 26 heavy (non-hydrogen) atoms. The van der Waals surface area contributed by atoms with E-state index in [9.17, 15) is 4.79 Å². The third-order valence-corrected chi connectivity index (χ3v) is 5.69. The zero-order chi connectivity index (χ0) is 18.4. The van der Waals surface area contributed by atoms with Gasteiger partial charge in [0, 0.05) is 37.9 Å². The Bertz CT molecular complexity index is 987. The molecule has 3 aromatic rings. The van der Waals surface area contributed by atoms with Crippen molar-refractivity contribution in [1.82, 2.24) is 4.57 Å². The molecule has 0 saturated carbocycles. The van der Waals surface area contributed by atoms with Crippen LogP contribution in [0.5, 0.6) is 0 Å². The fraction of sp³-hybridized carbons (Fsp3) is 0.190. The second kappa shape index (κ2) is 6.88. The number of Topliss-reactive ketones (excluding diaryl/α,β-unsaturated/α-hetero) is 1. The summed E-state index contributed by atoms with van der Waals surface area (Å²) in [6.07, 6.45) is 1.44. The maximum Gasteiger partial charge on any atom is 0.164 e. The first-order valence-electron chi connectivity index (χ1n) is 8.42. The van der Waals surface area contributed by atoms with Crippen LogP contribution in [0.2, 0.25) is 10.0 Å². The van der Waals surface area contributed by atoms with Crippen molar-refractivity contribution in [2.75, 3.05) is 0 Å². The molecule has 4 rings (SSSR count). The number of carbonyl (C=O) groups is 1. The molecule has 0 saturated heterocycles. The number of carbonyl (C=O) groups excluding carboxylic acids is 1. The summed E-state index contributed by atoms with van der Waals surface area (Å²) in [5.41, 5.74) is 4.73. The summed E-state index contributed by atoms with van der Waals surface area (Å²) >= 11 is 16.0. The predicted molar refractivity (Wildman–Crippen MR) is 111 cm³/mol. The largest absolute Gasteiger partial charge is 0.313 e. The minimum atomic E-state index is 0.198. The summed E-state index contributed by atoms with van der Waals surface area (Å²) < 4.78 is 3.14. The minimum absolute atomic E-state index is 0.198. The van der Waals surface area contributed by atoms with E-state index >= 15 is 0 Å². The third kappa shape index (κ3) is 3.24. The Labute approximate surface area is 170 Å². The van der Waals surface area contributed by atoms with Crippen molar-refractivity contribution in [3.63, 3.8) is 0 Å². The van der Waals surface area contributed by atoms with E-state index in [4.69, 9.17) is 23.2 Å². The molecule has 0 spiro atoms. The quantitative estimate of drug-likeness (QED) is 0.414. The van der Waals surface area contributed by atoms with Gasteiger partial charge in [-0.2, -0.15) is 0 Å². The molecule has 0 amide bonds. The molecule has 2 aromatic carbocycles. The number of benzene rings is 2. The van der Waals surface area contributed by atoms with Gasteiger partial charge in [-0.05, 0) is 54.3 Å². The van der Waals surface area contributed by atoms with Gasteiger partial charge in [0.2, 0.25) is 0 Å². The second-order valence-electron chi connectivity index (χ2n) is 6.80. The van der Waals surface area contributed by atoms with Gasteiger partial charge in [-0.1, -0.05) is 58.2 Å². The molecule has 0 unspecified atom stereocenters. The van der Waals surface area contributed by atoms with E-state index < -0.39 is 0 Å². The number of fused-ring (bicyclic) bond motifs is 1. The van der Waals surface area contributed by atoms with Gasteiger partial charge in [-0.15, -0.1) is 0 Å². The minimum Gasteiger partial charge on any atom is -0.313 e. The Hall–Kier alpha value is -1.55. The molecule has 1 aliphatic carbocycles. The Kier molecular flexibility index (Phi) is 4.72. The maximum atomic E-state index is 12.6. The van der Waals surface area contributed by atoms with Gasteiger partial charge >= 0.3 is 0 Å². The van der Waals surface area contributed by atoms with Crippen molar-refractivity contribution in [3.05, 3.63) is 74.3 Å². The van der Waals surface area contributed by atoms with Gasteiger partial charge in [0.25, 0.3) is 0 Å². The van der Waals surface area contributed by atoms with Gasteiger partial charge < -0.3 is 4.57 Å². The lowest BCUT2D eigenvalue weighted by molar-refractivity contribution is 0.0952.